The van der Waals surface area contributed by atoms with Crippen LogP contribution in [0.25, 0.3) is 11.1 Å². The minimum atomic E-state index is -0.151. The Morgan fingerprint density at radius 3 is 2.04 bits per heavy atom. The predicted molar refractivity (Wildman–Crippen MR) is 110 cm³/mol. The third kappa shape index (κ3) is 3.87. The number of unbranched alkanes of at least 4 members (excludes halogenated alkanes) is 1. The maximum atomic E-state index is 6.26. The highest BCUT2D eigenvalue weighted by Gasteiger charge is 2.29. The Morgan fingerprint density at radius 1 is 0.778 bits per heavy atom. The second kappa shape index (κ2) is 8.09. The third-order valence-electron chi connectivity index (χ3n) is 4.78. The molecule has 1 aliphatic heterocycles. The lowest BCUT2D eigenvalue weighted by Gasteiger charge is -2.22. The van der Waals surface area contributed by atoms with E-state index in [0.29, 0.717) is 5.90 Å². The Morgan fingerprint density at radius 2 is 1.37 bits per heavy atom. The highest BCUT2D eigenvalue weighted by atomic mass is 16.5. The summed E-state index contributed by atoms with van der Waals surface area (Å²) in [6.07, 6.45) is 2.08. The summed E-state index contributed by atoms with van der Waals surface area (Å²) in [5.74, 6) is 0.694. The summed E-state index contributed by atoms with van der Waals surface area (Å²) < 4.78 is 6.26. The van der Waals surface area contributed by atoms with Crippen molar-refractivity contribution in [2.24, 2.45) is 5.10 Å². The van der Waals surface area contributed by atoms with E-state index in [1.165, 1.54) is 11.1 Å². The molecule has 0 saturated carbocycles. The molecule has 136 valence electrons. The highest BCUT2D eigenvalue weighted by molar-refractivity contribution is 5.95. The topological polar surface area (TPSA) is 24.8 Å². The first-order valence-electron chi connectivity index (χ1n) is 9.58. The molecule has 27 heavy (non-hydrogen) atoms. The zero-order valence-electron chi connectivity index (χ0n) is 15.6. The van der Waals surface area contributed by atoms with Crippen molar-refractivity contribution in [3.8, 4) is 11.1 Å². The van der Waals surface area contributed by atoms with E-state index in [2.05, 4.69) is 72.6 Å². The summed E-state index contributed by atoms with van der Waals surface area (Å²) in [4.78, 5) is 0. The number of ether oxygens (including phenoxy) is 1. The average molecular weight is 356 g/mol. The van der Waals surface area contributed by atoms with Crippen LogP contribution in [0.3, 0.4) is 0 Å². The van der Waals surface area contributed by atoms with Crippen LogP contribution in [0, 0.1) is 0 Å². The molecular weight excluding hydrogens is 332 g/mol. The number of hydrogen-bond donors (Lipinski definition) is 0. The minimum absolute atomic E-state index is 0.151. The van der Waals surface area contributed by atoms with E-state index in [1.807, 2.05) is 24.3 Å². The van der Waals surface area contributed by atoms with E-state index < -0.39 is 0 Å². The zero-order valence-corrected chi connectivity index (χ0v) is 15.6. The smallest absolute Gasteiger partial charge is 0.240 e. The second-order valence-electron chi connectivity index (χ2n) is 6.75. The standard InChI is InChI=1S/C24H24N2O/c1-2-3-18-26-24(22-12-8-5-9-13-22)27-23(25-26)21-16-14-20(15-17-21)19-10-6-4-7-11-19/h4-17,24H,2-3,18H2,1H3. The van der Waals surface area contributed by atoms with Crippen LogP contribution in [0.4, 0.5) is 0 Å². The first-order valence-corrected chi connectivity index (χ1v) is 9.58. The van der Waals surface area contributed by atoms with Gasteiger partial charge in [0.25, 0.3) is 0 Å². The highest BCUT2D eigenvalue weighted by Crippen LogP contribution is 2.30. The maximum Gasteiger partial charge on any atom is 0.240 e. The fraction of sp³-hybridized carbons (Fsp3) is 0.208. The summed E-state index contributed by atoms with van der Waals surface area (Å²) >= 11 is 0. The Kier molecular flexibility index (Phi) is 5.20. The summed E-state index contributed by atoms with van der Waals surface area (Å²) in [5.41, 5.74) is 4.55. The number of nitrogens with zero attached hydrogens (tertiary/aromatic N) is 2. The quantitative estimate of drug-likeness (QED) is 0.554. The van der Waals surface area contributed by atoms with Crippen molar-refractivity contribution in [2.45, 2.75) is 26.0 Å². The molecule has 3 aromatic rings. The molecule has 3 nitrogen and oxygen atoms in total. The number of hydrogen-bond acceptors (Lipinski definition) is 3. The Balaban J connectivity index is 1.57. The Hall–Kier alpha value is -3.07. The van der Waals surface area contributed by atoms with Crippen LogP contribution in [0.15, 0.2) is 90.0 Å². The summed E-state index contributed by atoms with van der Waals surface area (Å²) in [7, 11) is 0. The lowest BCUT2D eigenvalue weighted by Crippen LogP contribution is -2.21. The summed E-state index contributed by atoms with van der Waals surface area (Å²) in [5, 5.41) is 6.85. The molecule has 1 atom stereocenters. The summed E-state index contributed by atoms with van der Waals surface area (Å²) in [6.45, 7) is 3.09. The number of benzene rings is 3. The largest absolute Gasteiger partial charge is 0.446 e. The molecule has 0 amide bonds. The lowest BCUT2D eigenvalue weighted by atomic mass is 10.0. The molecule has 3 aromatic carbocycles. The molecule has 3 heteroatoms. The zero-order chi connectivity index (χ0) is 18.5. The van der Waals surface area contributed by atoms with Crippen LogP contribution in [0.1, 0.15) is 37.1 Å². The van der Waals surface area contributed by atoms with Crippen molar-refractivity contribution in [3.63, 3.8) is 0 Å². The molecule has 0 aromatic heterocycles. The van der Waals surface area contributed by atoms with Gasteiger partial charge in [0.15, 0.2) is 0 Å². The van der Waals surface area contributed by atoms with Crippen LogP contribution in [0.2, 0.25) is 0 Å². The van der Waals surface area contributed by atoms with Gasteiger partial charge >= 0.3 is 0 Å². The fourth-order valence-electron chi connectivity index (χ4n) is 3.27. The van der Waals surface area contributed by atoms with Crippen LogP contribution < -0.4 is 0 Å². The molecule has 0 bridgehead atoms. The van der Waals surface area contributed by atoms with E-state index in [4.69, 9.17) is 9.84 Å². The van der Waals surface area contributed by atoms with Crippen molar-refractivity contribution in [1.82, 2.24) is 5.01 Å². The van der Waals surface area contributed by atoms with Gasteiger partial charge in [-0.25, -0.2) is 0 Å². The molecule has 1 unspecified atom stereocenters. The van der Waals surface area contributed by atoms with Gasteiger partial charge < -0.3 is 4.74 Å². The first-order chi connectivity index (χ1) is 13.3. The molecule has 4 rings (SSSR count). The predicted octanol–water partition coefficient (Wildman–Crippen LogP) is 5.85. The van der Waals surface area contributed by atoms with E-state index in [-0.39, 0.29) is 6.23 Å². The third-order valence-corrected chi connectivity index (χ3v) is 4.78. The van der Waals surface area contributed by atoms with Gasteiger partial charge in [-0.3, -0.25) is 5.01 Å². The molecule has 0 N–H and O–H groups in total. The van der Waals surface area contributed by atoms with Crippen LogP contribution in [0.5, 0.6) is 0 Å². The molecule has 1 heterocycles. The number of rotatable bonds is 6. The van der Waals surface area contributed by atoms with E-state index in [1.54, 1.807) is 0 Å². The molecule has 0 saturated heterocycles. The SMILES string of the molecule is CCCCN1N=C(c2ccc(-c3ccccc3)cc2)OC1c1ccccc1. The van der Waals surface area contributed by atoms with Crippen molar-refractivity contribution in [3.05, 3.63) is 96.1 Å². The molecule has 0 spiro atoms. The van der Waals surface area contributed by atoms with Gasteiger partial charge in [-0.05, 0) is 29.7 Å². The van der Waals surface area contributed by atoms with E-state index in [0.717, 1.165) is 30.5 Å². The Labute approximate surface area is 160 Å². The van der Waals surface area contributed by atoms with Gasteiger partial charge in [-0.2, -0.15) is 0 Å². The van der Waals surface area contributed by atoms with Gasteiger partial charge in [0.05, 0.1) is 0 Å². The molecule has 0 radical (unpaired) electrons. The molecular formula is C24H24N2O. The average Bonchev–Trinajstić information content (AvgIpc) is 3.18. The Bertz CT molecular complexity index is 889. The minimum Gasteiger partial charge on any atom is -0.446 e. The summed E-state index contributed by atoms with van der Waals surface area (Å²) in [6, 6.07) is 29.1. The van der Waals surface area contributed by atoms with Gasteiger partial charge in [-0.15, -0.1) is 5.10 Å². The molecule has 0 aliphatic carbocycles. The normalized spacial score (nSPS) is 16.1. The van der Waals surface area contributed by atoms with Crippen molar-refractivity contribution >= 4 is 5.90 Å². The number of hydrazone groups is 1. The van der Waals surface area contributed by atoms with Crippen molar-refractivity contribution in [2.75, 3.05) is 6.54 Å². The maximum absolute atomic E-state index is 6.26. The van der Waals surface area contributed by atoms with Crippen LogP contribution >= 0.6 is 0 Å². The lowest BCUT2D eigenvalue weighted by molar-refractivity contribution is 0.0552. The van der Waals surface area contributed by atoms with Crippen molar-refractivity contribution < 1.29 is 4.74 Å². The first kappa shape index (κ1) is 17.3. The van der Waals surface area contributed by atoms with Crippen molar-refractivity contribution in [1.29, 1.82) is 0 Å². The van der Waals surface area contributed by atoms with Crippen LogP contribution in [-0.4, -0.2) is 17.5 Å². The van der Waals surface area contributed by atoms with E-state index in [9.17, 15) is 0 Å². The van der Waals surface area contributed by atoms with Crippen LogP contribution in [-0.2, 0) is 4.74 Å². The fourth-order valence-corrected chi connectivity index (χ4v) is 3.27. The van der Waals surface area contributed by atoms with Gasteiger partial charge in [0.2, 0.25) is 12.1 Å². The van der Waals surface area contributed by atoms with Gasteiger partial charge in [-0.1, -0.05) is 86.1 Å². The molecule has 0 fully saturated rings. The second-order valence-corrected chi connectivity index (χ2v) is 6.75. The van der Waals surface area contributed by atoms with Gasteiger partial charge in [0.1, 0.15) is 0 Å². The van der Waals surface area contributed by atoms with Gasteiger partial charge in [0, 0.05) is 17.7 Å². The van der Waals surface area contributed by atoms with E-state index >= 15 is 0 Å². The molecule has 1 aliphatic rings. The monoisotopic (exact) mass is 356 g/mol.